The van der Waals surface area contributed by atoms with Gasteiger partial charge in [-0.3, -0.25) is 10.1 Å². The summed E-state index contributed by atoms with van der Waals surface area (Å²) < 4.78 is 5.22. The molecule has 1 fully saturated rings. The summed E-state index contributed by atoms with van der Waals surface area (Å²) in [7, 11) is 0. The third-order valence-corrected chi connectivity index (χ3v) is 2.57. The minimum absolute atomic E-state index is 0.0463. The number of carbonyl (C=O) groups is 3. The van der Waals surface area contributed by atoms with Gasteiger partial charge in [-0.15, -0.1) is 0 Å². The van der Waals surface area contributed by atoms with Crippen LogP contribution in [0.3, 0.4) is 0 Å². The van der Waals surface area contributed by atoms with Gasteiger partial charge in [0.25, 0.3) is 5.91 Å². The minimum Gasteiger partial charge on any atom is -0.478 e. The quantitative estimate of drug-likeness (QED) is 0.610. The zero-order valence-corrected chi connectivity index (χ0v) is 10.0. The van der Waals surface area contributed by atoms with Crippen LogP contribution < -0.4 is 10.6 Å². The first-order chi connectivity index (χ1) is 8.49. The van der Waals surface area contributed by atoms with E-state index in [-0.39, 0.29) is 12.0 Å². The standard InChI is InChI=1S/C11H16N2O5/c1-7-6-18-5-4-8(7)12-11(17)13-9(14)2-3-10(15)16/h2-3,7-8H,4-6H2,1H3,(H,15,16)(H2,12,13,14,17)/b3-2+. The van der Waals surface area contributed by atoms with Gasteiger partial charge in [0.15, 0.2) is 0 Å². The summed E-state index contributed by atoms with van der Waals surface area (Å²) in [4.78, 5) is 32.7. The fraction of sp³-hybridized carbons (Fsp3) is 0.545. The lowest BCUT2D eigenvalue weighted by atomic mass is 9.98. The molecule has 7 nitrogen and oxygen atoms in total. The molecule has 3 amide bonds. The van der Waals surface area contributed by atoms with Crippen molar-refractivity contribution in [2.24, 2.45) is 5.92 Å². The van der Waals surface area contributed by atoms with Crippen LogP contribution in [0.2, 0.25) is 0 Å². The number of carboxylic acids is 1. The molecular weight excluding hydrogens is 240 g/mol. The van der Waals surface area contributed by atoms with E-state index >= 15 is 0 Å². The maximum Gasteiger partial charge on any atom is 0.328 e. The van der Waals surface area contributed by atoms with Gasteiger partial charge in [0.05, 0.1) is 6.61 Å². The highest BCUT2D eigenvalue weighted by molar-refractivity contribution is 6.02. The SMILES string of the molecule is CC1COCCC1NC(=O)NC(=O)/C=C/C(=O)O. The van der Waals surface area contributed by atoms with Crippen LogP contribution in [-0.2, 0) is 14.3 Å². The third kappa shape index (κ3) is 4.96. The molecular formula is C11H16N2O5. The Morgan fingerprint density at radius 3 is 2.67 bits per heavy atom. The largest absolute Gasteiger partial charge is 0.478 e. The van der Waals surface area contributed by atoms with Crippen molar-refractivity contribution >= 4 is 17.9 Å². The van der Waals surface area contributed by atoms with E-state index in [0.29, 0.717) is 25.7 Å². The molecule has 100 valence electrons. The van der Waals surface area contributed by atoms with Crippen molar-refractivity contribution in [1.82, 2.24) is 10.6 Å². The molecule has 0 aliphatic carbocycles. The minimum atomic E-state index is -1.25. The molecule has 3 N–H and O–H groups in total. The number of carboxylic acid groups (broad SMARTS) is 1. The molecule has 7 heteroatoms. The van der Waals surface area contributed by atoms with E-state index in [4.69, 9.17) is 9.84 Å². The molecule has 1 heterocycles. The van der Waals surface area contributed by atoms with Crippen molar-refractivity contribution in [3.8, 4) is 0 Å². The summed E-state index contributed by atoms with van der Waals surface area (Å²) in [6, 6.07) is -0.677. The molecule has 0 aromatic rings. The Morgan fingerprint density at radius 2 is 2.06 bits per heavy atom. The molecule has 0 radical (unpaired) electrons. The van der Waals surface area contributed by atoms with Gasteiger partial charge >= 0.3 is 12.0 Å². The van der Waals surface area contributed by atoms with Crippen molar-refractivity contribution in [3.05, 3.63) is 12.2 Å². The smallest absolute Gasteiger partial charge is 0.328 e. The summed E-state index contributed by atoms with van der Waals surface area (Å²) in [6.45, 7) is 3.08. The van der Waals surface area contributed by atoms with Crippen molar-refractivity contribution < 1.29 is 24.2 Å². The lowest BCUT2D eigenvalue weighted by Crippen LogP contribution is -2.49. The van der Waals surface area contributed by atoms with Gasteiger partial charge in [0.1, 0.15) is 0 Å². The molecule has 0 saturated carbocycles. The van der Waals surface area contributed by atoms with Crippen LogP contribution in [0.5, 0.6) is 0 Å². The lowest BCUT2D eigenvalue weighted by molar-refractivity contribution is -0.131. The average molecular weight is 256 g/mol. The predicted octanol–water partition coefficient (Wildman–Crippen LogP) is -0.122. The number of hydrogen-bond donors (Lipinski definition) is 3. The van der Waals surface area contributed by atoms with Crippen LogP contribution in [0.25, 0.3) is 0 Å². The third-order valence-electron chi connectivity index (χ3n) is 2.57. The molecule has 0 aromatic heterocycles. The first-order valence-corrected chi connectivity index (χ1v) is 5.59. The maximum absolute atomic E-state index is 11.4. The van der Waals surface area contributed by atoms with Crippen molar-refractivity contribution in [2.75, 3.05) is 13.2 Å². The zero-order valence-electron chi connectivity index (χ0n) is 10.0. The van der Waals surface area contributed by atoms with Crippen LogP contribution in [0.15, 0.2) is 12.2 Å². The summed E-state index contributed by atoms with van der Waals surface area (Å²) in [5.74, 6) is -1.84. The highest BCUT2D eigenvalue weighted by Gasteiger charge is 2.23. The van der Waals surface area contributed by atoms with Crippen LogP contribution >= 0.6 is 0 Å². The number of urea groups is 1. The molecule has 0 spiro atoms. The second-order valence-electron chi connectivity index (χ2n) is 4.08. The molecule has 1 aliphatic rings. The van der Waals surface area contributed by atoms with Crippen LogP contribution in [0.4, 0.5) is 4.79 Å². The summed E-state index contributed by atoms with van der Waals surface area (Å²) in [6.07, 6.45) is 2.14. The Morgan fingerprint density at radius 1 is 1.33 bits per heavy atom. The number of ether oxygens (including phenoxy) is 1. The zero-order chi connectivity index (χ0) is 13.5. The van der Waals surface area contributed by atoms with Gasteiger partial charge < -0.3 is 15.2 Å². The average Bonchev–Trinajstić information content (AvgIpc) is 2.29. The fourth-order valence-electron chi connectivity index (χ4n) is 1.60. The van der Waals surface area contributed by atoms with Gasteiger partial charge in [-0.05, 0) is 12.3 Å². The van der Waals surface area contributed by atoms with Crippen molar-refractivity contribution in [3.63, 3.8) is 0 Å². The maximum atomic E-state index is 11.4. The number of hydrogen-bond acceptors (Lipinski definition) is 4. The lowest BCUT2D eigenvalue weighted by Gasteiger charge is -2.29. The Bertz CT molecular complexity index is 366. The molecule has 0 aromatic carbocycles. The number of nitrogens with one attached hydrogen (secondary N) is 2. The van der Waals surface area contributed by atoms with Crippen LogP contribution in [0, 0.1) is 5.92 Å². The van der Waals surface area contributed by atoms with Crippen LogP contribution in [-0.4, -0.2) is 42.3 Å². The Hall–Kier alpha value is -1.89. The molecule has 0 bridgehead atoms. The van der Waals surface area contributed by atoms with Gasteiger partial charge in [-0.2, -0.15) is 0 Å². The van der Waals surface area contributed by atoms with Gasteiger partial charge in [-0.1, -0.05) is 6.92 Å². The Balaban J connectivity index is 2.36. The second-order valence-corrected chi connectivity index (χ2v) is 4.08. The highest BCUT2D eigenvalue weighted by atomic mass is 16.5. The van der Waals surface area contributed by atoms with Gasteiger partial charge in [-0.25, -0.2) is 9.59 Å². The normalized spacial score (nSPS) is 23.6. The van der Waals surface area contributed by atoms with E-state index in [9.17, 15) is 14.4 Å². The highest BCUT2D eigenvalue weighted by Crippen LogP contribution is 2.13. The number of imide groups is 1. The fourth-order valence-corrected chi connectivity index (χ4v) is 1.60. The van der Waals surface area contributed by atoms with E-state index in [1.54, 1.807) is 0 Å². The van der Waals surface area contributed by atoms with E-state index in [1.807, 2.05) is 12.2 Å². The van der Waals surface area contributed by atoms with Gasteiger partial charge in [0.2, 0.25) is 0 Å². The molecule has 1 saturated heterocycles. The number of carbonyl (C=O) groups excluding carboxylic acids is 2. The van der Waals surface area contributed by atoms with E-state index in [1.165, 1.54) is 0 Å². The Labute approximate surface area is 104 Å². The predicted molar refractivity (Wildman–Crippen MR) is 61.8 cm³/mol. The summed E-state index contributed by atoms with van der Waals surface area (Å²) >= 11 is 0. The summed E-state index contributed by atoms with van der Waals surface area (Å²) in [5, 5.41) is 13.0. The first kappa shape index (κ1) is 14.2. The number of aliphatic carboxylic acids is 1. The number of amides is 3. The van der Waals surface area contributed by atoms with E-state index < -0.39 is 17.9 Å². The number of rotatable bonds is 3. The monoisotopic (exact) mass is 256 g/mol. The van der Waals surface area contributed by atoms with Crippen LogP contribution in [0.1, 0.15) is 13.3 Å². The Kier molecular flexibility index (Phi) is 5.31. The second kappa shape index (κ2) is 6.75. The van der Waals surface area contributed by atoms with Crippen molar-refractivity contribution in [1.29, 1.82) is 0 Å². The van der Waals surface area contributed by atoms with E-state index in [0.717, 1.165) is 6.08 Å². The molecule has 18 heavy (non-hydrogen) atoms. The molecule has 2 atom stereocenters. The molecule has 1 rings (SSSR count). The topological polar surface area (TPSA) is 105 Å². The summed E-state index contributed by atoms with van der Waals surface area (Å²) in [5.41, 5.74) is 0. The van der Waals surface area contributed by atoms with Crippen molar-refractivity contribution in [2.45, 2.75) is 19.4 Å². The first-order valence-electron chi connectivity index (χ1n) is 5.59. The molecule has 1 aliphatic heterocycles. The van der Waals surface area contributed by atoms with E-state index in [2.05, 4.69) is 5.32 Å². The van der Waals surface area contributed by atoms with Gasteiger partial charge in [0, 0.05) is 24.8 Å². The molecule has 2 unspecified atom stereocenters.